The molecule has 50 heavy (non-hydrogen) atoms. The van der Waals surface area contributed by atoms with Crippen LogP contribution in [0.15, 0.2) is 96.1 Å². The molecular weight excluding hydrogens is 743 g/mol. The number of unbranched alkanes of at least 4 members (excludes halogenated alkanes) is 4. The second-order valence-electron chi connectivity index (χ2n) is 15.3. The predicted octanol–water partition coefficient (Wildman–Crippen LogP) is 14.9. The average Bonchev–Trinajstić information content (AvgIpc) is 3.73. The van der Waals surface area contributed by atoms with E-state index in [0.717, 1.165) is 25.7 Å². The van der Waals surface area contributed by atoms with E-state index in [4.69, 9.17) is 17.0 Å². The minimum atomic E-state index is -4.78. The van der Waals surface area contributed by atoms with E-state index in [9.17, 15) is 0 Å². The number of halogens is 2. The zero-order valence-electron chi connectivity index (χ0n) is 31.3. The molecule has 2 aliphatic carbocycles. The number of benzene rings is 4. The van der Waals surface area contributed by atoms with E-state index >= 15 is 0 Å². The van der Waals surface area contributed by atoms with E-state index < -0.39 is 21.5 Å². The van der Waals surface area contributed by atoms with Gasteiger partial charge in [0.05, 0.1) is 0 Å². The average molecular weight is 800 g/mol. The zero-order valence-corrected chi connectivity index (χ0v) is 36.4. The molecule has 2 aliphatic rings. The van der Waals surface area contributed by atoms with Gasteiger partial charge in [0, 0.05) is 0 Å². The number of fused-ring (bicyclic) bond motifs is 2. The molecule has 2 unspecified atom stereocenters. The predicted molar refractivity (Wildman–Crippen MR) is 223 cm³/mol. The Morgan fingerprint density at radius 1 is 0.540 bits per heavy atom. The zero-order chi connectivity index (χ0) is 35.5. The first-order valence-electron chi connectivity index (χ1n) is 19.6. The fourth-order valence-corrected chi connectivity index (χ4v) is 40.8. The van der Waals surface area contributed by atoms with Crippen LogP contribution < -0.4 is 0 Å². The quantitative estimate of drug-likeness (QED) is 0.0830. The summed E-state index contributed by atoms with van der Waals surface area (Å²) in [5, 5.41) is 0. The maximum absolute atomic E-state index is 8.66. The van der Waals surface area contributed by atoms with Crippen LogP contribution in [-0.2, 0) is 28.4 Å². The number of hydrogen-bond acceptors (Lipinski definition) is 0. The number of allylic oxidation sites excluding steroid dienone is 2. The van der Waals surface area contributed by atoms with Gasteiger partial charge >= 0.3 is 301 Å². The Bertz CT molecular complexity index is 1730. The van der Waals surface area contributed by atoms with Crippen LogP contribution in [0.3, 0.4) is 0 Å². The van der Waals surface area contributed by atoms with Crippen molar-refractivity contribution >= 4 is 35.1 Å². The van der Waals surface area contributed by atoms with Crippen LogP contribution in [0, 0.1) is 0 Å². The van der Waals surface area contributed by atoms with Gasteiger partial charge in [0.15, 0.2) is 0 Å². The van der Waals surface area contributed by atoms with E-state index in [1.54, 1.807) is 0 Å². The number of aryl methyl sites for hydroxylation is 2. The van der Waals surface area contributed by atoms with Crippen molar-refractivity contribution in [1.29, 1.82) is 0 Å². The second kappa shape index (κ2) is 16.0. The summed E-state index contributed by atoms with van der Waals surface area (Å²) in [7, 11) is 17.3. The van der Waals surface area contributed by atoms with Gasteiger partial charge in [-0.1, -0.05) is 13.8 Å². The van der Waals surface area contributed by atoms with Crippen LogP contribution in [0.25, 0.3) is 34.4 Å². The van der Waals surface area contributed by atoms with Gasteiger partial charge in [-0.05, 0) is 0 Å². The fraction of sp³-hybridized carbons (Fsp3) is 0.391. The molecule has 0 nitrogen and oxygen atoms in total. The Hall–Kier alpha value is -1.96. The Balaban J connectivity index is 1.43. The van der Waals surface area contributed by atoms with Gasteiger partial charge in [0.25, 0.3) is 0 Å². The third-order valence-electron chi connectivity index (χ3n) is 12.0. The molecule has 0 fully saturated rings. The van der Waals surface area contributed by atoms with Crippen LogP contribution in [0.4, 0.5) is 0 Å². The molecule has 263 valence electrons. The van der Waals surface area contributed by atoms with E-state index in [0.29, 0.717) is 0 Å². The van der Waals surface area contributed by atoms with E-state index in [2.05, 4.69) is 138 Å². The summed E-state index contributed by atoms with van der Waals surface area (Å²) in [5.41, 5.74) is 16.4. The van der Waals surface area contributed by atoms with Crippen molar-refractivity contribution in [3.8, 4) is 22.3 Å². The molecule has 0 spiro atoms. The van der Waals surface area contributed by atoms with Crippen LogP contribution in [0.5, 0.6) is 0 Å². The van der Waals surface area contributed by atoms with E-state index in [1.165, 1.54) is 105 Å². The van der Waals surface area contributed by atoms with Gasteiger partial charge in [-0.25, -0.2) is 0 Å². The summed E-state index contributed by atoms with van der Waals surface area (Å²) < 4.78 is 0.244. The summed E-state index contributed by atoms with van der Waals surface area (Å²) in [4.78, 5) is 0. The summed E-state index contributed by atoms with van der Waals surface area (Å²) in [5.74, 6) is -1.61. The van der Waals surface area contributed by atoms with Crippen molar-refractivity contribution in [2.24, 2.45) is 0 Å². The standard InChI is InChI=1S/2C22H25.C2H7Si.2ClH.Zr/c2*1-3-5-6-8-18-11-13-19(14-12-18)21-10-7-9-20-15-17(4-2)16-22(20)21;1-3-2;;;/h2*7,9-16H,3-6,8H2,1-2H3;3H,1-2H3;2*1H;/q;;;;;+2/p-2. The van der Waals surface area contributed by atoms with Gasteiger partial charge in [-0.2, -0.15) is 0 Å². The van der Waals surface area contributed by atoms with Gasteiger partial charge in [-0.15, -0.1) is 0 Å². The van der Waals surface area contributed by atoms with Crippen LogP contribution >= 0.6 is 17.0 Å². The number of hydrogen-bond donors (Lipinski definition) is 0. The molecule has 0 radical (unpaired) electrons. The van der Waals surface area contributed by atoms with Crippen molar-refractivity contribution in [1.82, 2.24) is 0 Å². The molecule has 4 heteroatoms. The van der Waals surface area contributed by atoms with E-state index in [1.807, 2.05) is 0 Å². The van der Waals surface area contributed by atoms with Gasteiger partial charge in [0.2, 0.25) is 0 Å². The normalized spacial score (nSPS) is 17.7. The first-order valence-corrected chi connectivity index (χ1v) is 35.9. The van der Waals surface area contributed by atoms with Crippen molar-refractivity contribution in [3.05, 3.63) is 129 Å². The molecule has 4 aromatic carbocycles. The Morgan fingerprint density at radius 2 is 0.940 bits per heavy atom. The first kappa shape index (κ1) is 37.8. The van der Waals surface area contributed by atoms with Gasteiger partial charge in [0.1, 0.15) is 0 Å². The van der Waals surface area contributed by atoms with E-state index in [-0.39, 0.29) is 7.25 Å². The molecule has 2 atom stereocenters. The molecular formula is C46H57Cl2SiZr. The molecule has 0 N–H and O–H groups in total. The number of rotatable bonds is 15. The molecule has 0 aliphatic heterocycles. The summed E-state index contributed by atoms with van der Waals surface area (Å²) in [6.07, 6.45) is 16.8. The third kappa shape index (κ3) is 6.94. The van der Waals surface area contributed by atoms with Crippen LogP contribution in [-0.4, -0.2) is 5.92 Å². The SMILES string of the molecule is CCCCCc1ccc(-c2cccc3c2C=C(CC)[CH]3[Zr]([Cl])([Cl])([CH]2C(CC)=Cc3c(-c4ccc(CCCCC)cc4)cccc32)[SiH](C)C)cc1. The minimum absolute atomic E-state index is 0.122. The third-order valence-corrected chi connectivity index (χ3v) is 63.8. The van der Waals surface area contributed by atoms with Crippen molar-refractivity contribution in [2.75, 3.05) is 0 Å². The molecule has 0 bridgehead atoms. The Morgan fingerprint density at radius 3 is 1.28 bits per heavy atom. The van der Waals surface area contributed by atoms with Crippen LogP contribution in [0.1, 0.15) is 120 Å². The van der Waals surface area contributed by atoms with Crippen LogP contribution in [0.2, 0.25) is 13.1 Å². The first-order chi connectivity index (χ1) is 24.2. The molecule has 0 aromatic heterocycles. The molecule has 0 saturated heterocycles. The van der Waals surface area contributed by atoms with Crippen molar-refractivity contribution in [3.63, 3.8) is 0 Å². The Labute approximate surface area is 312 Å². The van der Waals surface area contributed by atoms with Crippen molar-refractivity contribution < 1.29 is 15.6 Å². The second-order valence-corrected chi connectivity index (χ2v) is 57.8. The molecule has 6 rings (SSSR count). The molecule has 4 aromatic rings. The molecule has 0 heterocycles. The summed E-state index contributed by atoms with van der Waals surface area (Å²) in [6, 6.07) is 32.5. The molecule has 0 saturated carbocycles. The monoisotopic (exact) mass is 797 g/mol. The summed E-state index contributed by atoms with van der Waals surface area (Å²) >= 11 is -4.78. The maximum atomic E-state index is 8.66. The van der Waals surface area contributed by atoms with Crippen molar-refractivity contribution in [2.45, 2.75) is 112 Å². The fourth-order valence-electron chi connectivity index (χ4n) is 9.04. The van der Waals surface area contributed by atoms with Gasteiger partial charge in [-0.3, -0.25) is 0 Å². The topological polar surface area (TPSA) is 0 Å². The van der Waals surface area contributed by atoms with Gasteiger partial charge < -0.3 is 0 Å². The molecule has 0 amide bonds. The Kier molecular flexibility index (Phi) is 12.1. The summed E-state index contributed by atoms with van der Waals surface area (Å²) in [6.45, 7) is 14.1.